The Balaban J connectivity index is 2.43. The van der Waals surface area contributed by atoms with E-state index in [1.165, 1.54) is 0 Å². The molecule has 0 radical (unpaired) electrons. The van der Waals surface area contributed by atoms with E-state index in [2.05, 4.69) is 10.6 Å². The van der Waals surface area contributed by atoms with Crippen molar-refractivity contribution in [2.45, 2.75) is 39.0 Å². The molecule has 1 rings (SSSR count). The number of thiocarbonyl (C=S) groups is 1. The molecule has 0 heterocycles. The summed E-state index contributed by atoms with van der Waals surface area (Å²) in [5.41, 5.74) is 1.71. The molecule has 0 spiro atoms. The molecular weight excluding hydrogens is 366 g/mol. The van der Waals surface area contributed by atoms with Gasteiger partial charge in [0, 0.05) is 32.6 Å². The SMILES string of the molecule is CCCOC(=O)CCC(=O)NC(=S)Nc1cccc(CCC(=O)N(C)C)c1. The zero-order chi connectivity index (χ0) is 20.2. The van der Waals surface area contributed by atoms with Gasteiger partial charge in [-0.05, 0) is 42.8 Å². The maximum Gasteiger partial charge on any atom is 0.306 e. The highest BCUT2D eigenvalue weighted by molar-refractivity contribution is 7.80. The summed E-state index contributed by atoms with van der Waals surface area (Å²) in [4.78, 5) is 36.5. The lowest BCUT2D eigenvalue weighted by atomic mass is 10.1. The van der Waals surface area contributed by atoms with Crippen LogP contribution >= 0.6 is 12.2 Å². The van der Waals surface area contributed by atoms with E-state index >= 15 is 0 Å². The second-order valence-electron chi connectivity index (χ2n) is 6.21. The van der Waals surface area contributed by atoms with Crippen molar-refractivity contribution in [3.63, 3.8) is 0 Å². The number of hydrogen-bond donors (Lipinski definition) is 2. The van der Waals surface area contributed by atoms with Crippen LogP contribution in [0.25, 0.3) is 0 Å². The molecule has 7 nitrogen and oxygen atoms in total. The summed E-state index contributed by atoms with van der Waals surface area (Å²) in [7, 11) is 3.45. The van der Waals surface area contributed by atoms with E-state index in [-0.39, 0.29) is 29.8 Å². The third-order valence-electron chi connectivity index (χ3n) is 3.59. The monoisotopic (exact) mass is 393 g/mol. The lowest BCUT2D eigenvalue weighted by Crippen LogP contribution is -2.34. The van der Waals surface area contributed by atoms with E-state index in [0.717, 1.165) is 17.7 Å². The van der Waals surface area contributed by atoms with Crippen LogP contribution in [-0.4, -0.2) is 48.5 Å². The Hall–Kier alpha value is -2.48. The van der Waals surface area contributed by atoms with Crippen molar-refractivity contribution in [3.8, 4) is 0 Å². The molecule has 148 valence electrons. The maximum absolute atomic E-state index is 11.8. The Morgan fingerprint density at radius 2 is 1.89 bits per heavy atom. The quantitative estimate of drug-likeness (QED) is 0.494. The Morgan fingerprint density at radius 3 is 2.56 bits per heavy atom. The average Bonchev–Trinajstić information content (AvgIpc) is 2.62. The molecule has 0 saturated carbocycles. The third kappa shape index (κ3) is 9.69. The van der Waals surface area contributed by atoms with E-state index in [4.69, 9.17) is 17.0 Å². The molecule has 27 heavy (non-hydrogen) atoms. The number of hydrogen-bond acceptors (Lipinski definition) is 5. The number of nitrogens with one attached hydrogen (secondary N) is 2. The first-order valence-corrected chi connectivity index (χ1v) is 9.28. The van der Waals surface area contributed by atoms with Crippen molar-refractivity contribution in [1.82, 2.24) is 10.2 Å². The summed E-state index contributed by atoms with van der Waals surface area (Å²) in [6, 6.07) is 7.48. The summed E-state index contributed by atoms with van der Waals surface area (Å²) in [6.45, 7) is 2.26. The van der Waals surface area contributed by atoms with Gasteiger partial charge in [-0.15, -0.1) is 0 Å². The van der Waals surface area contributed by atoms with Crippen molar-refractivity contribution in [1.29, 1.82) is 0 Å². The first kappa shape index (κ1) is 22.6. The molecule has 1 aromatic rings. The number of carbonyl (C=O) groups excluding carboxylic acids is 3. The molecule has 0 aliphatic heterocycles. The highest BCUT2D eigenvalue weighted by Crippen LogP contribution is 2.12. The Kier molecular flexibility index (Phi) is 10.0. The molecule has 0 unspecified atom stereocenters. The van der Waals surface area contributed by atoms with Crippen molar-refractivity contribution in [2.24, 2.45) is 0 Å². The molecule has 1 aromatic carbocycles. The Bertz CT molecular complexity index is 677. The van der Waals surface area contributed by atoms with Crippen LogP contribution in [0.3, 0.4) is 0 Å². The van der Waals surface area contributed by atoms with Gasteiger partial charge in [-0.25, -0.2) is 0 Å². The number of esters is 1. The zero-order valence-corrected chi connectivity index (χ0v) is 16.9. The predicted molar refractivity (Wildman–Crippen MR) is 108 cm³/mol. The molecule has 2 N–H and O–H groups in total. The predicted octanol–water partition coefficient (Wildman–Crippen LogP) is 2.25. The Labute approximate surface area is 165 Å². The van der Waals surface area contributed by atoms with Crippen LogP contribution in [-0.2, 0) is 25.5 Å². The minimum absolute atomic E-state index is 0.0110. The van der Waals surface area contributed by atoms with Crippen LogP contribution in [0.2, 0.25) is 0 Å². The van der Waals surface area contributed by atoms with Crippen LogP contribution in [0, 0.1) is 0 Å². The number of ether oxygens (including phenoxy) is 1. The van der Waals surface area contributed by atoms with Gasteiger partial charge in [-0.2, -0.15) is 0 Å². The summed E-state index contributed by atoms with van der Waals surface area (Å²) in [6.07, 6.45) is 1.81. The second-order valence-corrected chi connectivity index (χ2v) is 6.62. The van der Waals surface area contributed by atoms with Crippen molar-refractivity contribution < 1.29 is 19.1 Å². The Morgan fingerprint density at radius 1 is 1.15 bits per heavy atom. The minimum Gasteiger partial charge on any atom is -0.466 e. The summed E-state index contributed by atoms with van der Waals surface area (Å²) in [5.74, 6) is -0.687. The molecule has 0 saturated heterocycles. The van der Waals surface area contributed by atoms with Gasteiger partial charge in [0.1, 0.15) is 0 Å². The number of nitrogens with zero attached hydrogens (tertiary/aromatic N) is 1. The fourth-order valence-corrected chi connectivity index (χ4v) is 2.37. The topological polar surface area (TPSA) is 87.7 Å². The molecule has 2 amide bonds. The second kappa shape index (κ2) is 12.0. The van der Waals surface area contributed by atoms with Crippen LogP contribution in [0.1, 0.15) is 38.2 Å². The van der Waals surface area contributed by atoms with Gasteiger partial charge in [0.15, 0.2) is 5.11 Å². The van der Waals surface area contributed by atoms with Crippen molar-refractivity contribution in [3.05, 3.63) is 29.8 Å². The van der Waals surface area contributed by atoms with Gasteiger partial charge in [0.2, 0.25) is 11.8 Å². The van der Waals surface area contributed by atoms with Gasteiger partial charge in [0.05, 0.1) is 13.0 Å². The summed E-state index contributed by atoms with van der Waals surface area (Å²) < 4.78 is 4.92. The van der Waals surface area contributed by atoms with Gasteiger partial charge in [-0.1, -0.05) is 19.1 Å². The molecular formula is C19H27N3O4S. The van der Waals surface area contributed by atoms with Crippen molar-refractivity contribution >= 4 is 40.8 Å². The average molecular weight is 394 g/mol. The lowest BCUT2D eigenvalue weighted by molar-refractivity contribution is -0.144. The smallest absolute Gasteiger partial charge is 0.306 e. The molecule has 0 fully saturated rings. The van der Waals surface area contributed by atoms with Gasteiger partial charge in [-0.3, -0.25) is 14.4 Å². The maximum atomic E-state index is 11.8. The summed E-state index contributed by atoms with van der Waals surface area (Å²) in [5, 5.41) is 5.63. The molecule has 0 aliphatic rings. The van der Waals surface area contributed by atoms with Gasteiger partial charge in [0.25, 0.3) is 0 Å². The standard InChI is InChI=1S/C19H27N3O4S/c1-4-12-26-18(25)11-9-16(23)21-19(27)20-15-7-5-6-14(13-15)8-10-17(24)22(2)3/h5-7,13H,4,8-12H2,1-3H3,(H2,20,21,23,27). The van der Waals surface area contributed by atoms with Crippen molar-refractivity contribution in [2.75, 3.05) is 26.0 Å². The molecule has 0 aliphatic carbocycles. The van der Waals surface area contributed by atoms with Crippen LogP contribution in [0.4, 0.5) is 5.69 Å². The number of anilines is 1. The van der Waals surface area contributed by atoms with Gasteiger partial charge < -0.3 is 20.3 Å². The normalized spacial score (nSPS) is 10.0. The van der Waals surface area contributed by atoms with E-state index < -0.39 is 5.97 Å². The van der Waals surface area contributed by atoms with E-state index in [1.54, 1.807) is 19.0 Å². The first-order chi connectivity index (χ1) is 12.8. The number of carbonyl (C=O) groups is 3. The fraction of sp³-hybridized carbons (Fsp3) is 0.474. The van der Waals surface area contributed by atoms with E-state index in [1.807, 2.05) is 31.2 Å². The van der Waals surface area contributed by atoms with Crippen LogP contribution < -0.4 is 10.6 Å². The fourth-order valence-electron chi connectivity index (χ4n) is 2.13. The lowest BCUT2D eigenvalue weighted by Gasteiger charge is -2.12. The van der Waals surface area contributed by atoms with E-state index in [9.17, 15) is 14.4 Å². The summed E-state index contributed by atoms with van der Waals surface area (Å²) >= 11 is 5.13. The molecule has 0 aromatic heterocycles. The minimum atomic E-state index is -0.397. The number of benzene rings is 1. The molecule has 0 atom stereocenters. The van der Waals surface area contributed by atoms with Gasteiger partial charge >= 0.3 is 5.97 Å². The number of amides is 2. The largest absolute Gasteiger partial charge is 0.466 e. The third-order valence-corrected chi connectivity index (χ3v) is 3.79. The number of rotatable bonds is 9. The molecule has 8 heteroatoms. The van der Waals surface area contributed by atoms with Crippen LogP contribution in [0.5, 0.6) is 0 Å². The van der Waals surface area contributed by atoms with Crippen LogP contribution in [0.15, 0.2) is 24.3 Å². The zero-order valence-electron chi connectivity index (χ0n) is 16.0. The first-order valence-electron chi connectivity index (χ1n) is 8.87. The van der Waals surface area contributed by atoms with E-state index in [0.29, 0.717) is 19.4 Å². The number of aryl methyl sites for hydroxylation is 1. The highest BCUT2D eigenvalue weighted by Gasteiger charge is 2.10. The molecule has 0 bridgehead atoms. The highest BCUT2D eigenvalue weighted by atomic mass is 32.1.